The van der Waals surface area contributed by atoms with Crippen LogP contribution in [0.1, 0.15) is 5.56 Å². The maximum absolute atomic E-state index is 3.87. The summed E-state index contributed by atoms with van der Waals surface area (Å²) >= 11 is 1.84. The van der Waals surface area contributed by atoms with Crippen LogP contribution in [0.15, 0.2) is 64.9 Å². The van der Waals surface area contributed by atoms with E-state index in [1.54, 1.807) is 0 Å². The van der Waals surface area contributed by atoms with Gasteiger partial charge in [-0.05, 0) is 36.8 Å². The third kappa shape index (κ3) is 1.83. The highest BCUT2D eigenvalue weighted by Crippen LogP contribution is 2.47. The molecular weight excluding hydrogens is 238 g/mol. The van der Waals surface area contributed by atoms with Crippen molar-refractivity contribution in [3.8, 4) is 0 Å². The van der Waals surface area contributed by atoms with Crippen molar-refractivity contribution in [2.75, 3.05) is 11.4 Å². The third-order valence-electron chi connectivity index (χ3n) is 3.09. The molecule has 0 atom stereocenters. The van der Waals surface area contributed by atoms with Gasteiger partial charge in [-0.3, -0.25) is 0 Å². The van der Waals surface area contributed by atoms with Crippen molar-refractivity contribution in [3.05, 3.63) is 60.7 Å². The maximum Gasteiger partial charge on any atom is 0.0558 e. The zero-order valence-electron chi connectivity index (χ0n) is 10.4. The van der Waals surface area contributed by atoms with Crippen molar-refractivity contribution in [1.82, 2.24) is 0 Å². The second-order valence-electron chi connectivity index (χ2n) is 4.44. The first kappa shape index (κ1) is 11.4. The summed E-state index contributed by atoms with van der Waals surface area (Å²) < 4.78 is 0. The van der Waals surface area contributed by atoms with Crippen LogP contribution in [-0.2, 0) is 0 Å². The molecule has 2 aromatic carbocycles. The number of para-hydroxylation sites is 1. The van der Waals surface area contributed by atoms with Crippen molar-refractivity contribution in [2.45, 2.75) is 16.7 Å². The lowest BCUT2D eigenvalue weighted by atomic mass is 10.1. The SMILES string of the molecule is C=CCN1c2ccccc2Sc2ccc(C)cc21. The first-order valence-electron chi connectivity index (χ1n) is 6.05. The number of fused-ring (bicyclic) bond motifs is 2. The molecule has 0 aliphatic carbocycles. The van der Waals surface area contributed by atoms with E-state index in [9.17, 15) is 0 Å². The monoisotopic (exact) mass is 253 g/mol. The molecule has 1 nitrogen and oxygen atoms in total. The molecule has 1 aliphatic heterocycles. The maximum atomic E-state index is 3.87. The first-order valence-corrected chi connectivity index (χ1v) is 6.87. The van der Waals surface area contributed by atoms with Crippen molar-refractivity contribution in [1.29, 1.82) is 0 Å². The molecule has 90 valence electrons. The number of anilines is 2. The van der Waals surface area contributed by atoms with Crippen molar-refractivity contribution < 1.29 is 0 Å². The summed E-state index contributed by atoms with van der Waals surface area (Å²) in [5.41, 5.74) is 3.86. The topological polar surface area (TPSA) is 3.24 Å². The largest absolute Gasteiger partial charge is 0.336 e. The number of rotatable bonds is 2. The quantitative estimate of drug-likeness (QED) is 0.708. The van der Waals surface area contributed by atoms with E-state index in [1.165, 1.54) is 26.7 Å². The molecule has 0 radical (unpaired) electrons. The molecule has 1 heterocycles. The van der Waals surface area contributed by atoms with Crippen LogP contribution < -0.4 is 4.90 Å². The minimum atomic E-state index is 0.841. The third-order valence-corrected chi connectivity index (χ3v) is 4.22. The Bertz CT molecular complexity index is 604. The van der Waals surface area contributed by atoms with Gasteiger partial charge in [-0.2, -0.15) is 0 Å². The molecule has 0 unspecified atom stereocenters. The van der Waals surface area contributed by atoms with Crippen LogP contribution in [0.4, 0.5) is 11.4 Å². The lowest BCUT2D eigenvalue weighted by molar-refractivity contribution is 1.03. The van der Waals surface area contributed by atoms with Crippen LogP contribution >= 0.6 is 11.8 Å². The molecule has 2 aromatic rings. The standard InChI is InChI=1S/C16H15NS/c1-3-10-17-13-6-4-5-7-15(13)18-16-9-8-12(2)11-14(16)17/h3-9,11H,1,10H2,2H3. The van der Waals surface area contributed by atoms with Gasteiger partial charge >= 0.3 is 0 Å². The van der Waals surface area contributed by atoms with E-state index < -0.39 is 0 Å². The Balaban J connectivity index is 2.17. The van der Waals surface area contributed by atoms with E-state index in [4.69, 9.17) is 0 Å². The van der Waals surface area contributed by atoms with Gasteiger partial charge in [0, 0.05) is 16.3 Å². The number of hydrogen-bond acceptors (Lipinski definition) is 2. The summed E-state index contributed by atoms with van der Waals surface area (Å²) in [6.07, 6.45) is 1.96. The van der Waals surface area contributed by atoms with E-state index >= 15 is 0 Å². The highest BCUT2D eigenvalue weighted by molar-refractivity contribution is 7.99. The number of aryl methyl sites for hydroxylation is 1. The molecule has 0 amide bonds. The molecule has 0 fully saturated rings. The van der Waals surface area contributed by atoms with Gasteiger partial charge in [0.1, 0.15) is 0 Å². The number of hydrogen-bond donors (Lipinski definition) is 0. The second kappa shape index (κ2) is 4.54. The fourth-order valence-electron chi connectivity index (χ4n) is 2.27. The number of nitrogens with zero attached hydrogens (tertiary/aromatic N) is 1. The highest BCUT2D eigenvalue weighted by Gasteiger charge is 2.21. The van der Waals surface area contributed by atoms with Crippen LogP contribution in [0.5, 0.6) is 0 Å². The van der Waals surface area contributed by atoms with E-state index in [1.807, 2.05) is 17.8 Å². The Morgan fingerprint density at radius 1 is 1.11 bits per heavy atom. The Labute approximate surface area is 112 Å². The highest BCUT2D eigenvalue weighted by atomic mass is 32.2. The Morgan fingerprint density at radius 3 is 2.72 bits per heavy atom. The van der Waals surface area contributed by atoms with Crippen LogP contribution in [0.3, 0.4) is 0 Å². The van der Waals surface area contributed by atoms with Crippen molar-refractivity contribution in [3.63, 3.8) is 0 Å². The fraction of sp³-hybridized carbons (Fsp3) is 0.125. The minimum absolute atomic E-state index is 0.841. The van der Waals surface area contributed by atoms with Crippen LogP contribution in [0.2, 0.25) is 0 Å². The van der Waals surface area contributed by atoms with E-state index in [0.717, 1.165) is 6.54 Å². The Morgan fingerprint density at radius 2 is 1.89 bits per heavy atom. The average molecular weight is 253 g/mol. The summed E-state index contributed by atoms with van der Waals surface area (Å²) in [6.45, 7) is 6.85. The first-order chi connectivity index (χ1) is 8.79. The smallest absolute Gasteiger partial charge is 0.0558 e. The molecule has 1 aliphatic rings. The molecule has 0 aromatic heterocycles. The zero-order valence-corrected chi connectivity index (χ0v) is 11.2. The van der Waals surface area contributed by atoms with Gasteiger partial charge in [0.15, 0.2) is 0 Å². The van der Waals surface area contributed by atoms with Crippen LogP contribution in [0, 0.1) is 6.92 Å². The van der Waals surface area contributed by atoms with Crippen molar-refractivity contribution in [2.24, 2.45) is 0 Å². The fourth-order valence-corrected chi connectivity index (χ4v) is 3.34. The summed E-state index contributed by atoms with van der Waals surface area (Å²) in [4.78, 5) is 4.97. The van der Waals surface area contributed by atoms with Gasteiger partial charge in [-0.25, -0.2) is 0 Å². The molecular formula is C16H15NS. The normalized spacial score (nSPS) is 12.8. The average Bonchev–Trinajstić information content (AvgIpc) is 2.39. The molecule has 0 saturated carbocycles. The summed E-state index contributed by atoms with van der Waals surface area (Å²) in [5, 5.41) is 0. The van der Waals surface area contributed by atoms with E-state index in [0.29, 0.717) is 0 Å². The molecule has 0 N–H and O–H groups in total. The second-order valence-corrected chi connectivity index (χ2v) is 5.52. The van der Waals surface area contributed by atoms with Crippen LogP contribution in [0.25, 0.3) is 0 Å². The lowest BCUT2D eigenvalue weighted by Crippen LogP contribution is -2.20. The van der Waals surface area contributed by atoms with Gasteiger partial charge in [0.05, 0.1) is 11.4 Å². The predicted octanol–water partition coefficient (Wildman–Crippen LogP) is 4.78. The molecule has 0 spiro atoms. The minimum Gasteiger partial charge on any atom is -0.336 e. The Kier molecular flexibility index (Phi) is 2.88. The van der Waals surface area contributed by atoms with Gasteiger partial charge in [0.25, 0.3) is 0 Å². The summed E-state index contributed by atoms with van der Waals surface area (Å²) in [7, 11) is 0. The molecule has 2 heteroatoms. The summed E-state index contributed by atoms with van der Waals surface area (Å²) in [5.74, 6) is 0. The van der Waals surface area contributed by atoms with E-state index in [-0.39, 0.29) is 0 Å². The van der Waals surface area contributed by atoms with Gasteiger partial charge in [-0.15, -0.1) is 6.58 Å². The lowest BCUT2D eigenvalue weighted by Gasteiger charge is -2.32. The molecule has 18 heavy (non-hydrogen) atoms. The Hall–Kier alpha value is -1.67. The van der Waals surface area contributed by atoms with Crippen LogP contribution in [-0.4, -0.2) is 6.54 Å². The van der Waals surface area contributed by atoms with Gasteiger partial charge in [0.2, 0.25) is 0 Å². The van der Waals surface area contributed by atoms with Crippen molar-refractivity contribution >= 4 is 23.1 Å². The summed E-state index contributed by atoms with van der Waals surface area (Å²) in [6, 6.07) is 15.2. The molecule has 3 rings (SSSR count). The van der Waals surface area contributed by atoms with Gasteiger partial charge in [-0.1, -0.05) is 36.0 Å². The van der Waals surface area contributed by atoms with E-state index in [2.05, 4.69) is 60.9 Å². The number of benzene rings is 2. The molecule has 0 saturated heterocycles. The zero-order chi connectivity index (χ0) is 12.5. The van der Waals surface area contributed by atoms with Gasteiger partial charge < -0.3 is 4.90 Å². The predicted molar refractivity (Wildman–Crippen MR) is 78.9 cm³/mol. The molecule has 0 bridgehead atoms.